The summed E-state index contributed by atoms with van der Waals surface area (Å²) in [5.41, 5.74) is 3.54. The molecule has 0 aliphatic heterocycles. The molecule has 0 fully saturated rings. The van der Waals surface area contributed by atoms with Crippen molar-refractivity contribution in [3.8, 4) is 22.6 Å². The Labute approximate surface area is 167 Å². The fourth-order valence-corrected chi connectivity index (χ4v) is 3.23. The Hall–Kier alpha value is -3.87. The first kappa shape index (κ1) is 18.5. The Morgan fingerprint density at radius 3 is 2.59 bits per heavy atom. The Kier molecular flexibility index (Phi) is 4.87. The molecule has 29 heavy (non-hydrogen) atoms. The van der Waals surface area contributed by atoms with Crippen molar-refractivity contribution in [1.29, 1.82) is 0 Å². The van der Waals surface area contributed by atoms with Crippen LogP contribution in [0.15, 0.2) is 59.5 Å². The molecule has 2 aromatic carbocycles. The van der Waals surface area contributed by atoms with Gasteiger partial charge in [0, 0.05) is 11.9 Å². The highest BCUT2D eigenvalue weighted by atomic mass is 16.5. The molecule has 7 heteroatoms. The van der Waals surface area contributed by atoms with Gasteiger partial charge in [0.25, 0.3) is 5.56 Å². The third-order valence-electron chi connectivity index (χ3n) is 4.58. The Morgan fingerprint density at radius 1 is 1.00 bits per heavy atom. The largest absolute Gasteiger partial charge is 0.493 e. The lowest BCUT2D eigenvalue weighted by atomic mass is 10.0. The third kappa shape index (κ3) is 3.62. The van der Waals surface area contributed by atoms with Gasteiger partial charge in [0.1, 0.15) is 0 Å². The molecule has 4 rings (SSSR count). The lowest BCUT2D eigenvalue weighted by molar-refractivity contribution is 0.355. The van der Waals surface area contributed by atoms with Crippen LogP contribution in [0.1, 0.15) is 5.56 Å². The van der Waals surface area contributed by atoms with Gasteiger partial charge in [-0.1, -0.05) is 18.2 Å². The molecular formula is C22H20N4O3. The number of rotatable bonds is 5. The second kappa shape index (κ2) is 7.63. The number of hydrogen-bond donors (Lipinski definition) is 2. The van der Waals surface area contributed by atoms with E-state index in [1.165, 1.54) is 0 Å². The number of aryl methyl sites for hydroxylation is 1. The standard InChI is InChI=1S/C22H20N4O3/c1-13-5-4-6-15(11-13)24-22-25-20-19(21(27)26-22)16(9-10-23-20)14-7-8-17(28-2)18(12-14)29-3/h4-12H,1-3H3,(H2,23,24,25,26,27). The second-order valence-electron chi connectivity index (χ2n) is 6.54. The lowest BCUT2D eigenvalue weighted by Gasteiger charge is -2.11. The molecule has 0 radical (unpaired) electrons. The van der Waals surface area contributed by atoms with E-state index in [9.17, 15) is 4.79 Å². The highest BCUT2D eigenvalue weighted by Crippen LogP contribution is 2.34. The number of aromatic amines is 1. The van der Waals surface area contributed by atoms with E-state index < -0.39 is 0 Å². The summed E-state index contributed by atoms with van der Waals surface area (Å²) in [5, 5.41) is 3.54. The molecule has 0 spiro atoms. The average Bonchev–Trinajstić information content (AvgIpc) is 2.72. The molecule has 2 N–H and O–H groups in total. The van der Waals surface area contributed by atoms with Crippen LogP contribution in [-0.4, -0.2) is 29.2 Å². The van der Waals surface area contributed by atoms with E-state index in [2.05, 4.69) is 20.3 Å². The normalized spacial score (nSPS) is 10.7. The van der Waals surface area contributed by atoms with Gasteiger partial charge in [-0.25, -0.2) is 4.98 Å². The third-order valence-corrected chi connectivity index (χ3v) is 4.58. The fraction of sp³-hybridized carbons (Fsp3) is 0.136. The number of H-pyrrole nitrogens is 1. The number of benzene rings is 2. The van der Waals surface area contributed by atoms with Crippen LogP contribution < -0.4 is 20.3 Å². The van der Waals surface area contributed by atoms with Crippen LogP contribution in [0, 0.1) is 6.92 Å². The number of anilines is 2. The van der Waals surface area contributed by atoms with Crippen LogP contribution in [0.2, 0.25) is 0 Å². The first-order chi connectivity index (χ1) is 14.1. The van der Waals surface area contributed by atoms with Crippen molar-refractivity contribution in [3.63, 3.8) is 0 Å². The maximum atomic E-state index is 12.9. The van der Waals surface area contributed by atoms with Crippen LogP contribution >= 0.6 is 0 Å². The van der Waals surface area contributed by atoms with Gasteiger partial charge in [0.2, 0.25) is 5.95 Å². The van der Waals surface area contributed by atoms with Crippen LogP contribution in [0.4, 0.5) is 11.6 Å². The topological polar surface area (TPSA) is 89.1 Å². The van der Waals surface area contributed by atoms with Crippen molar-refractivity contribution in [2.75, 3.05) is 19.5 Å². The maximum Gasteiger partial charge on any atom is 0.262 e. The summed E-state index contributed by atoms with van der Waals surface area (Å²) in [6, 6.07) is 15.1. The van der Waals surface area contributed by atoms with Crippen molar-refractivity contribution >= 4 is 22.7 Å². The number of aromatic nitrogens is 3. The molecular weight excluding hydrogens is 368 g/mol. The number of nitrogens with one attached hydrogen (secondary N) is 2. The summed E-state index contributed by atoms with van der Waals surface area (Å²) in [5.74, 6) is 1.54. The summed E-state index contributed by atoms with van der Waals surface area (Å²) in [6.07, 6.45) is 1.64. The predicted molar refractivity (Wildman–Crippen MR) is 113 cm³/mol. The Bertz CT molecular complexity index is 1250. The van der Waals surface area contributed by atoms with Crippen molar-refractivity contribution in [2.24, 2.45) is 0 Å². The molecule has 2 heterocycles. The van der Waals surface area contributed by atoms with E-state index in [0.29, 0.717) is 34.0 Å². The molecule has 0 amide bonds. The number of fused-ring (bicyclic) bond motifs is 1. The highest BCUT2D eigenvalue weighted by Gasteiger charge is 2.14. The van der Waals surface area contributed by atoms with E-state index >= 15 is 0 Å². The number of methoxy groups -OCH3 is 2. The Morgan fingerprint density at radius 2 is 1.83 bits per heavy atom. The van der Waals surface area contributed by atoms with Crippen LogP contribution in [0.25, 0.3) is 22.2 Å². The zero-order valence-corrected chi connectivity index (χ0v) is 16.3. The van der Waals surface area contributed by atoms with Gasteiger partial charge in [-0.15, -0.1) is 0 Å². The summed E-state index contributed by atoms with van der Waals surface area (Å²) < 4.78 is 10.7. The molecule has 146 valence electrons. The first-order valence-electron chi connectivity index (χ1n) is 9.04. The van der Waals surface area contributed by atoms with E-state index in [0.717, 1.165) is 16.8 Å². The number of nitrogens with zero attached hydrogens (tertiary/aromatic N) is 2. The SMILES string of the molecule is COc1ccc(-c2ccnc3nc(Nc4cccc(C)c4)[nH]c(=O)c23)cc1OC. The van der Waals surface area contributed by atoms with Crippen LogP contribution in [-0.2, 0) is 0 Å². The van der Waals surface area contributed by atoms with Crippen molar-refractivity contribution in [2.45, 2.75) is 6.92 Å². The lowest BCUT2D eigenvalue weighted by Crippen LogP contribution is -2.13. The van der Waals surface area contributed by atoms with Crippen molar-refractivity contribution < 1.29 is 9.47 Å². The molecule has 0 saturated heterocycles. The van der Waals surface area contributed by atoms with Crippen LogP contribution in [0.5, 0.6) is 11.5 Å². The van der Waals surface area contributed by atoms with E-state index in [1.807, 2.05) is 43.3 Å². The predicted octanol–water partition coefficient (Wildman–Crippen LogP) is 4.05. The molecule has 4 aromatic rings. The number of hydrogen-bond acceptors (Lipinski definition) is 6. The molecule has 0 atom stereocenters. The zero-order valence-electron chi connectivity index (χ0n) is 16.3. The minimum Gasteiger partial charge on any atom is -0.493 e. The minimum atomic E-state index is -0.275. The maximum absolute atomic E-state index is 12.9. The van der Waals surface area contributed by atoms with E-state index in [4.69, 9.17) is 9.47 Å². The molecule has 0 unspecified atom stereocenters. The van der Waals surface area contributed by atoms with Crippen LogP contribution in [0.3, 0.4) is 0 Å². The van der Waals surface area contributed by atoms with Crippen molar-refractivity contribution in [1.82, 2.24) is 15.0 Å². The molecule has 2 aromatic heterocycles. The average molecular weight is 388 g/mol. The number of pyridine rings is 1. The van der Waals surface area contributed by atoms with Gasteiger partial charge in [-0.3, -0.25) is 9.78 Å². The Balaban J connectivity index is 1.81. The fourth-order valence-electron chi connectivity index (χ4n) is 3.23. The van der Waals surface area contributed by atoms with Gasteiger partial charge in [-0.05, 0) is 53.9 Å². The number of ether oxygens (including phenoxy) is 2. The molecule has 0 aliphatic carbocycles. The molecule has 0 aliphatic rings. The van der Waals surface area contributed by atoms with Crippen molar-refractivity contribution in [3.05, 3.63) is 70.6 Å². The zero-order chi connectivity index (χ0) is 20.4. The van der Waals surface area contributed by atoms with E-state index in [-0.39, 0.29) is 5.56 Å². The van der Waals surface area contributed by atoms with E-state index in [1.54, 1.807) is 32.5 Å². The summed E-state index contributed by atoms with van der Waals surface area (Å²) in [7, 11) is 3.15. The summed E-state index contributed by atoms with van der Waals surface area (Å²) in [4.78, 5) is 24.5. The van der Waals surface area contributed by atoms with Gasteiger partial charge in [0.15, 0.2) is 17.1 Å². The smallest absolute Gasteiger partial charge is 0.262 e. The highest BCUT2D eigenvalue weighted by molar-refractivity contribution is 5.92. The molecule has 0 saturated carbocycles. The molecule has 0 bridgehead atoms. The van der Waals surface area contributed by atoms with Gasteiger partial charge >= 0.3 is 0 Å². The molecule has 7 nitrogen and oxygen atoms in total. The van der Waals surface area contributed by atoms with Gasteiger partial charge in [-0.2, -0.15) is 4.98 Å². The summed E-state index contributed by atoms with van der Waals surface area (Å²) in [6.45, 7) is 2.00. The monoisotopic (exact) mass is 388 g/mol. The first-order valence-corrected chi connectivity index (χ1v) is 9.04. The van der Waals surface area contributed by atoms with Gasteiger partial charge in [0.05, 0.1) is 19.6 Å². The summed E-state index contributed by atoms with van der Waals surface area (Å²) >= 11 is 0. The quantitative estimate of drug-likeness (QED) is 0.536. The minimum absolute atomic E-state index is 0.275. The van der Waals surface area contributed by atoms with Gasteiger partial charge < -0.3 is 14.8 Å². The second-order valence-corrected chi connectivity index (χ2v) is 6.54.